The number of halogens is 2. The van der Waals surface area contributed by atoms with Gasteiger partial charge in [-0.25, -0.2) is 0 Å². The van der Waals surface area contributed by atoms with E-state index in [1.807, 2.05) is 13.8 Å². The molecule has 0 bridgehead atoms. The molecule has 0 saturated carbocycles. The largest absolute Gasteiger partial charge is 0.329 e. The molecular weight excluding hydrogens is 245 g/mol. The first kappa shape index (κ1) is 13.5. The first-order valence-corrected chi connectivity index (χ1v) is 5.91. The summed E-state index contributed by atoms with van der Waals surface area (Å²) in [5, 5.41) is 0.937. The predicted molar refractivity (Wildman–Crippen MR) is 68.1 cm³/mol. The third kappa shape index (κ3) is 2.97. The molecule has 0 unspecified atom stereocenters. The van der Waals surface area contributed by atoms with Crippen LogP contribution in [0.25, 0.3) is 0 Å². The van der Waals surface area contributed by atoms with Gasteiger partial charge in [-0.15, -0.1) is 0 Å². The molecule has 88 valence electrons. The second kappa shape index (κ2) is 5.67. The van der Waals surface area contributed by atoms with Gasteiger partial charge < -0.3 is 5.73 Å². The first-order valence-electron chi connectivity index (χ1n) is 5.16. The summed E-state index contributed by atoms with van der Waals surface area (Å²) in [4.78, 5) is 11.9. The normalized spacial score (nSPS) is 12.9. The van der Waals surface area contributed by atoms with Gasteiger partial charge in [0.25, 0.3) is 0 Å². The lowest BCUT2D eigenvalue weighted by Gasteiger charge is -2.16. The van der Waals surface area contributed by atoms with Gasteiger partial charge in [-0.1, -0.05) is 43.1 Å². The fraction of sp³-hybridized carbons (Fsp3) is 0.417. The lowest BCUT2D eigenvalue weighted by atomic mass is 9.89. The van der Waals surface area contributed by atoms with Crippen LogP contribution in [-0.4, -0.2) is 12.3 Å². The summed E-state index contributed by atoms with van der Waals surface area (Å²) < 4.78 is 0. The molecule has 0 aliphatic rings. The van der Waals surface area contributed by atoms with Crippen LogP contribution in [0.5, 0.6) is 0 Å². The van der Waals surface area contributed by atoms with Gasteiger partial charge in [0.05, 0.1) is 16.0 Å². The summed E-state index contributed by atoms with van der Waals surface area (Å²) in [5.74, 6) is -0.210. The zero-order valence-electron chi connectivity index (χ0n) is 9.34. The SMILES string of the molecule is CC(C)C(=O)[C@H](CN)c1ccc(Cl)c(Cl)c1. The van der Waals surface area contributed by atoms with E-state index >= 15 is 0 Å². The summed E-state index contributed by atoms with van der Waals surface area (Å²) in [7, 11) is 0. The van der Waals surface area contributed by atoms with E-state index in [0.29, 0.717) is 10.0 Å². The molecule has 1 aromatic carbocycles. The Bertz CT molecular complexity index is 391. The van der Waals surface area contributed by atoms with E-state index in [0.717, 1.165) is 5.56 Å². The van der Waals surface area contributed by atoms with E-state index in [1.165, 1.54) is 0 Å². The van der Waals surface area contributed by atoms with Crippen LogP contribution in [0.15, 0.2) is 18.2 Å². The van der Waals surface area contributed by atoms with Crippen molar-refractivity contribution in [2.75, 3.05) is 6.54 Å². The van der Waals surface area contributed by atoms with Crippen LogP contribution in [0.3, 0.4) is 0 Å². The summed E-state index contributed by atoms with van der Waals surface area (Å²) in [5.41, 5.74) is 6.46. The summed E-state index contributed by atoms with van der Waals surface area (Å²) >= 11 is 11.7. The highest BCUT2D eigenvalue weighted by Gasteiger charge is 2.22. The molecule has 0 saturated heterocycles. The maximum Gasteiger partial charge on any atom is 0.144 e. The minimum absolute atomic E-state index is 0.0389. The van der Waals surface area contributed by atoms with Crippen molar-refractivity contribution in [3.05, 3.63) is 33.8 Å². The molecule has 1 atom stereocenters. The van der Waals surface area contributed by atoms with Crippen LogP contribution < -0.4 is 5.73 Å². The molecule has 2 N–H and O–H groups in total. The van der Waals surface area contributed by atoms with Gasteiger partial charge in [0.1, 0.15) is 5.78 Å². The molecule has 0 fully saturated rings. The Morgan fingerprint density at radius 1 is 1.31 bits per heavy atom. The third-order valence-electron chi connectivity index (χ3n) is 2.49. The van der Waals surface area contributed by atoms with E-state index in [4.69, 9.17) is 28.9 Å². The quantitative estimate of drug-likeness (QED) is 0.902. The number of Topliss-reactive ketones (excluding diaryl/α,β-unsaturated/α-hetero) is 1. The maximum absolute atomic E-state index is 11.9. The Kier molecular flexibility index (Phi) is 4.78. The topological polar surface area (TPSA) is 43.1 Å². The number of rotatable bonds is 4. The van der Waals surface area contributed by atoms with Crippen LogP contribution in [0.2, 0.25) is 10.0 Å². The Morgan fingerprint density at radius 2 is 1.94 bits per heavy atom. The van der Waals surface area contributed by atoms with Gasteiger partial charge in [-0.3, -0.25) is 4.79 Å². The lowest BCUT2D eigenvalue weighted by molar-refractivity contribution is -0.123. The highest BCUT2D eigenvalue weighted by atomic mass is 35.5. The van der Waals surface area contributed by atoms with Crippen LogP contribution in [0.1, 0.15) is 25.3 Å². The average molecular weight is 260 g/mol. The van der Waals surface area contributed by atoms with Gasteiger partial charge in [0, 0.05) is 12.5 Å². The highest BCUT2D eigenvalue weighted by Crippen LogP contribution is 2.27. The van der Waals surface area contributed by atoms with Crippen molar-refractivity contribution in [3.63, 3.8) is 0 Å². The molecule has 16 heavy (non-hydrogen) atoms. The fourth-order valence-electron chi connectivity index (χ4n) is 1.55. The lowest BCUT2D eigenvalue weighted by Crippen LogP contribution is -2.25. The van der Waals surface area contributed by atoms with Crippen molar-refractivity contribution < 1.29 is 4.79 Å². The number of carbonyl (C=O) groups is 1. The van der Waals surface area contributed by atoms with Crippen LogP contribution in [-0.2, 0) is 4.79 Å². The van der Waals surface area contributed by atoms with Crippen molar-refractivity contribution in [1.29, 1.82) is 0 Å². The Balaban J connectivity index is 3.04. The van der Waals surface area contributed by atoms with Gasteiger partial charge >= 0.3 is 0 Å². The molecule has 0 aliphatic heterocycles. The smallest absolute Gasteiger partial charge is 0.144 e. The Labute approximate surface area is 106 Å². The van der Waals surface area contributed by atoms with Gasteiger partial charge in [0.15, 0.2) is 0 Å². The molecular formula is C12H15Cl2NO. The van der Waals surface area contributed by atoms with Crippen molar-refractivity contribution in [1.82, 2.24) is 0 Å². The van der Waals surface area contributed by atoms with Crippen molar-refractivity contribution in [2.24, 2.45) is 11.7 Å². The molecule has 0 radical (unpaired) electrons. The Hall–Kier alpha value is -0.570. The van der Waals surface area contributed by atoms with Crippen molar-refractivity contribution in [2.45, 2.75) is 19.8 Å². The Morgan fingerprint density at radius 3 is 2.38 bits per heavy atom. The fourth-order valence-corrected chi connectivity index (χ4v) is 1.85. The van der Waals surface area contributed by atoms with E-state index in [9.17, 15) is 4.79 Å². The second-order valence-corrected chi connectivity index (χ2v) is 4.83. The predicted octanol–water partition coefficient (Wildman–Crippen LogP) is 3.26. The van der Waals surface area contributed by atoms with Crippen LogP contribution >= 0.6 is 23.2 Å². The van der Waals surface area contributed by atoms with Crippen molar-refractivity contribution in [3.8, 4) is 0 Å². The molecule has 1 rings (SSSR count). The van der Waals surface area contributed by atoms with E-state index < -0.39 is 0 Å². The molecule has 4 heteroatoms. The first-order chi connectivity index (χ1) is 7.47. The molecule has 0 heterocycles. The van der Waals surface area contributed by atoms with Crippen LogP contribution in [0, 0.1) is 5.92 Å². The molecule has 1 aromatic rings. The van der Waals surface area contributed by atoms with E-state index in [-0.39, 0.29) is 24.2 Å². The number of hydrogen-bond acceptors (Lipinski definition) is 2. The monoisotopic (exact) mass is 259 g/mol. The average Bonchev–Trinajstić information content (AvgIpc) is 2.24. The maximum atomic E-state index is 11.9. The third-order valence-corrected chi connectivity index (χ3v) is 3.23. The number of carbonyl (C=O) groups excluding carboxylic acids is 1. The molecule has 0 aromatic heterocycles. The summed E-state index contributed by atoms with van der Waals surface area (Å²) in [6, 6.07) is 5.20. The second-order valence-electron chi connectivity index (χ2n) is 4.02. The molecule has 2 nitrogen and oxygen atoms in total. The summed E-state index contributed by atoms with van der Waals surface area (Å²) in [6.07, 6.45) is 0. The van der Waals surface area contributed by atoms with Gasteiger partial charge in [-0.05, 0) is 17.7 Å². The van der Waals surface area contributed by atoms with Crippen LogP contribution in [0.4, 0.5) is 0 Å². The van der Waals surface area contributed by atoms with Gasteiger partial charge in [0.2, 0.25) is 0 Å². The molecule has 0 aliphatic carbocycles. The molecule has 0 amide bonds. The minimum atomic E-state index is -0.297. The highest BCUT2D eigenvalue weighted by molar-refractivity contribution is 6.42. The van der Waals surface area contributed by atoms with E-state index in [1.54, 1.807) is 18.2 Å². The molecule has 0 spiro atoms. The number of benzene rings is 1. The van der Waals surface area contributed by atoms with Crippen molar-refractivity contribution >= 4 is 29.0 Å². The van der Waals surface area contributed by atoms with E-state index in [2.05, 4.69) is 0 Å². The number of nitrogens with two attached hydrogens (primary N) is 1. The summed E-state index contributed by atoms with van der Waals surface area (Å²) in [6.45, 7) is 4.01. The zero-order chi connectivity index (χ0) is 12.3. The number of hydrogen-bond donors (Lipinski definition) is 1. The minimum Gasteiger partial charge on any atom is -0.329 e. The number of ketones is 1. The standard InChI is InChI=1S/C12H15Cl2NO/c1-7(2)12(16)9(6-15)8-3-4-10(13)11(14)5-8/h3-5,7,9H,6,15H2,1-2H3/t9-/m1/s1. The van der Waals surface area contributed by atoms with Gasteiger partial charge in [-0.2, -0.15) is 0 Å². The zero-order valence-corrected chi connectivity index (χ0v) is 10.8.